The predicted molar refractivity (Wildman–Crippen MR) is 111 cm³/mol. The first kappa shape index (κ1) is 17.7. The van der Waals surface area contributed by atoms with E-state index in [1.165, 1.54) is 11.3 Å². The van der Waals surface area contributed by atoms with Crippen molar-refractivity contribution in [1.29, 1.82) is 0 Å². The van der Waals surface area contributed by atoms with Crippen LogP contribution in [-0.2, 0) is 6.54 Å². The molecule has 0 atom stereocenters. The van der Waals surface area contributed by atoms with Gasteiger partial charge in [-0.1, -0.05) is 72.8 Å². The lowest BCUT2D eigenvalue weighted by molar-refractivity contribution is 0.136. The normalized spacial score (nSPS) is 16.1. The fourth-order valence-electron chi connectivity index (χ4n) is 3.46. The van der Waals surface area contributed by atoms with Crippen molar-refractivity contribution in [1.82, 2.24) is 19.8 Å². The zero-order chi connectivity index (χ0) is 18.3. The highest BCUT2D eigenvalue weighted by Gasteiger charge is 2.16. The third kappa shape index (κ3) is 4.94. The summed E-state index contributed by atoms with van der Waals surface area (Å²) >= 11 is 0. The third-order valence-corrected chi connectivity index (χ3v) is 5.01. The smallest absolute Gasteiger partial charge is 0.137 e. The number of aromatic amines is 1. The Hall–Kier alpha value is -2.69. The number of rotatable bonds is 6. The average molecular weight is 358 g/mol. The first-order chi connectivity index (χ1) is 13.4. The predicted octanol–water partition coefficient (Wildman–Crippen LogP) is 3.91. The standard InChI is InChI=1S/C23H26N4/c1-3-8-20(9-4-1)10-7-13-26-14-16-27(17-15-26)19-22-18-24-23(25-22)21-11-5-2-6-12-21/h1-12,18H,13-17,19H2,(H,24,25)/b10-7-. The van der Waals surface area contributed by atoms with Gasteiger partial charge in [0, 0.05) is 56.7 Å². The fraction of sp³-hybridized carbons (Fsp3) is 0.261. The monoisotopic (exact) mass is 358 g/mol. The van der Waals surface area contributed by atoms with E-state index in [0.717, 1.165) is 50.7 Å². The minimum absolute atomic E-state index is 0.938. The number of piperazine rings is 1. The van der Waals surface area contributed by atoms with Crippen molar-refractivity contribution in [3.63, 3.8) is 0 Å². The van der Waals surface area contributed by atoms with Crippen LogP contribution >= 0.6 is 0 Å². The molecule has 0 radical (unpaired) electrons. The third-order valence-electron chi connectivity index (χ3n) is 5.01. The maximum Gasteiger partial charge on any atom is 0.137 e. The van der Waals surface area contributed by atoms with Crippen molar-refractivity contribution in [3.05, 3.63) is 84.2 Å². The second-order valence-electron chi connectivity index (χ2n) is 7.01. The highest BCUT2D eigenvalue weighted by atomic mass is 15.3. The highest BCUT2D eigenvalue weighted by Crippen LogP contribution is 2.16. The summed E-state index contributed by atoms with van der Waals surface area (Å²) in [7, 11) is 0. The highest BCUT2D eigenvalue weighted by molar-refractivity contribution is 5.54. The second kappa shape index (κ2) is 8.80. The average Bonchev–Trinajstić information content (AvgIpc) is 3.19. The molecular formula is C23H26N4. The van der Waals surface area contributed by atoms with Crippen LogP contribution < -0.4 is 0 Å². The van der Waals surface area contributed by atoms with Crippen LogP contribution in [0.5, 0.6) is 0 Å². The lowest BCUT2D eigenvalue weighted by Crippen LogP contribution is -2.45. The van der Waals surface area contributed by atoms with Crippen LogP contribution in [0.25, 0.3) is 17.5 Å². The Morgan fingerprint density at radius 2 is 1.52 bits per heavy atom. The zero-order valence-electron chi connectivity index (χ0n) is 15.6. The van der Waals surface area contributed by atoms with Crippen LogP contribution in [0, 0.1) is 0 Å². The molecule has 0 aliphatic carbocycles. The Balaban J connectivity index is 1.24. The van der Waals surface area contributed by atoms with Gasteiger partial charge < -0.3 is 4.98 Å². The minimum Gasteiger partial charge on any atom is -0.341 e. The van der Waals surface area contributed by atoms with Crippen molar-refractivity contribution in [2.45, 2.75) is 6.54 Å². The Kier molecular flexibility index (Phi) is 5.77. The van der Waals surface area contributed by atoms with Gasteiger partial charge in [0.2, 0.25) is 0 Å². The number of nitrogens with one attached hydrogen (secondary N) is 1. The van der Waals surface area contributed by atoms with Gasteiger partial charge in [0.25, 0.3) is 0 Å². The molecule has 1 saturated heterocycles. The van der Waals surface area contributed by atoms with Crippen LogP contribution in [0.1, 0.15) is 11.3 Å². The van der Waals surface area contributed by atoms with Crippen molar-refractivity contribution < 1.29 is 0 Å². The van der Waals surface area contributed by atoms with E-state index >= 15 is 0 Å². The van der Waals surface area contributed by atoms with E-state index in [0.29, 0.717) is 0 Å². The molecule has 0 saturated carbocycles. The Labute approximate surface area is 161 Å². The summed E-state index contributed by atoms with van der Waals surface area (Å²) in [6, 6.07) is 20.8. The molecule has 2 aromatic carbocycles. The van der Waals surface area contributed by atoms with Gasteiger partial charge in [0.05, 0.1) is 0 Å². The minimum atomic E-state index is 0.938. The van der Waals surface area contributed by atoms with Gasteiger partial charge in [-0.2, -0.15) is 0 Å². The van der Waals surface area contributed by atoms with E-state index in [9.17, 15) is 0 Å². The SMILES string of the molecule is C(=C/c1ccccc1)/CN1CCN(Cc2cnc(-c3ccccc3)[nH]2)CC1. The largest absolute Gasteiger partial charge is 0.341 e. The molecule has 1 aromatic heterocycles. The van der Waals surface area contributed by atoms with Crippen molar-refractivity contribution in [2.75, 3.05) is 32.7 Å². The first-order valence-electron chi connectivity index (χ1n) is 9.62. The summed E-state index contributed by atoms with van der Waals surface area (Å²) in [5.41, 5.74) is 3.59. The molecule has 0 spiro atoms. The second-order valence-corrected chi connectivity index (χ2v) is 7.01. The molecule has 4 nitrogen and oxygen atoms in total. The number of hydrogen-bond donors (Lipinski definition) is 1. The Morgan fingerprint density at radius 3 is 2.26 bits per heavy atom. The molecule has 4 rings (SSSR count). The van der Waals surface area contributed by atoms with Gasteiger partial charge >= 0.3 is 0 Å². The number of hydrogen-bond acceptors (Lipinski definition) is 3. The van der Waals surface area contributed by atoms with Crippen LogP contribution in [0.15, 0.2) is 72.9 Å². The number of nitrogens with zero attached hydrogens (tertiary/aromatic N) is 3. The van der Waals surface area contributed by atoms with Crippen LogP contribution in [0.2, 0.25) is 0 Å². The molecule has 1 aliphatic rings. The molecule has 1 aliphatic heterocycles. The van der Waals surface area contributed by atoms with E-state index in [1.54, 1.807) is 0 Å². The van der Waals surface area contributed by atoms with Crippen molar-refractivity contribution in [2.24, 2.45) is 0 Å². The molecule has 2 heterocycles. The molecule has 3 aromatic rings. The van der Waals surface area contributed by atoms with Crippen LogP contribution in [-0.4, -0.2) is 52.5 Å². The quantitative estimate of drug-likeness (QED) is 0.726. The summed E-state index contributed by atoms with van der Waals surface area (Å²) in [5.74, 6) is 0.954. The Bertz CT molecular complexity index is 846. The maximum absolute atomic E-state index is 4.53. The van der Waals surface area contributed by atoms with Gasteiger partial charge in [0.15, 0.2) is 0 Å². The molecular weight excluding hydrogens is 332 g/mol. The van der Waals surface area contributed by atoms with E-state index in [1.807, 2.05) is 24.4 Å². The number of aromatic nitrogens is 2. The lowest BCUT2D eigenvalue weighted by atomic mass is 10.2. The zero-order valence-corrected chi connectivity index (χ0v) is 15.6. The number of H-pyrrole nitrogens is 1. The van der Waals surface area contributed by atoms with E-state index < -0.39 is 0 Å². The summed E-state index contributed by atoms with van der Waals surface area (Å²) < 4.78 is 0. The molecule has 138 valence electrons. The molecule has 1 N–H and O–H groups in total. The van der Waals surface area contributed by atoms with Crippen molar-refractivity contribution >= 4 is 6.08 Å². The van der Waals surface area contributed by atoms with Gasteiger partial charge in [-0.3, -0.25) is 9.80 Å². The molecule has 27 heavy (non-hydrogen) atoms. The molecule has 4 heteroatoms. The molecule has 0 unspecified atom stereocenters. The summed E-state index contributed by atoms with van der Waals surface area (Å²) in [6.45, 7) is 6.37. The molecule has 1 fully saturated rings. The van der Waals surface area contributed by atoms with Crippen LogP contribution in [0.3, 0.4) is 0 Å². The first-order valence-corrected chi connectivity index (χ1v) is 9.62. The lowest BCUT2D eigenvalue weighted by Gasteiger charge is -2.33. The summed E-state index contributed by atoms with van der Waals surface area (Å²) in [4.78, 5) is 13.0. The Morgan fingerprint density at radius 1 is 0.852 bits per heavy atom. The molecule has 0 bridgehead atoms. The maximum atomic E-state index is 4.53. The van der Waals surface area contributed by atoms with Gasteiger partial charge in [0.1, 0.15) is 5.82 Å². The van der Waals surface area contributed by atoms with Gasteiger partial charge in [-0.15, -0.1) is 0 Å². The van der Waals surface area contributed by atoms with Crippen molar-refractivity contribution in [3.8, 4) is 11.4 Å². The fourth-order valence-corrected chi connectivity index (χ4v) is 3.46. The van der Waals surface area contributed by atoms with E-state index in [2.05, 4.69) is 74.4 Å². The number of imidazole rings is 1. The van der Waals surface area contributed by atoms with Gasteiger partial charge in [-0.25, -0.2) is 4.98 Å². The van der Waals surface area contributed by atoms with Crippen LogP contribution in [0.4, 0.5) is 0 Å². The topological polar surface area (TPSA) is 35.2 Å². The summed E-state index contributed by atoms with van der Waals surface area (Å²) in [5, 5.41) is 0. The summed E-state index contributed by atoms with van der Waals surface area (Å²) in [6.07, 6.45) is 6.45. The molecule has 0 amide bonds. The van der Waals surface area contributed by atoms with E-state index in [4.69, 9.17) is 0 Å². The van der Waals surface area contributed by atoms with E-state index in [-0.39, 0.29) is 0 Å². The van der Waals surface area contributed by atoms with Gasteiger partial charge in [-0.05, 0) is 5.56 Å². The number of benzene rings is 2.